The molecule has 18 heavy (non-hydrogen) atoms. The van der Waals surface area contributed by atoms with Gasteiger partial charge >= 0.3 is 0 Å². The molecule has 0 aromatic heterocycles. The molecule has 0 aliphatic carbocycles. The number of nitrogen functional groups attached to an aromatic ring is 1. The van der Waals surface area contributed by atoms with Crippen molar-refractivity contribution in [1.82, 2.24) is 0 Å². The molecule has 0 saturated heterocycles. The van der Waals surface area contributed by atoms with E-state index < -0.39 is 5.91 Å². The van der Waals surface area contributed by atoms with Crippen LogP contribution >= 0.6 is 11.6 Å². The third-order valence-electron chi connectivity index (χ3n) is 2.55. The lowest BCUT2D eigenvalue weighted by atomic mass is 9.92. The average molecular weight is 270 g/mol. The maximum absolute atomic E-state index is 11.4. The van der Waals surface area contributed by atoms with Gasteiger partial charge in [0.1, 0.15) is 0 Å². The van der Waals surface area contributed by atoms with Crippen molar-refractivity contribution in [3.05, 3.63) is 22.7 Å². The number of anilines is 2. The van der Waals surface area contributed by atoms with E-state index in [9.17, 15) is 4.79 Å². The second-order valence-corrected chi connectivity index (χ2v) is 5.93. The maximum Gasteiger partial charge on any atom is 0.250 e. The summed E-state index contributed by atoms with van der Waals surface area (Å²) in [5, 5.41) is 3.57. The van der Waals surface area contributed by atoms with Crippen LogP contribution in [0.2, 0.25) is 5.02 Å². The molecule has 5 heteroatoms. The van der Waals surface area contributed by atoms with Crippen LogP contribution in [0.1, 0.15) is 37.6 Å². The smallest absolute Gasteiger partial charge is 0.250 e. The van der Waals surface area contributed by atoms with E-state index in [1.165, 1.54) is 6.07 Å². The first kappa shape index (κ1) is 14.6. The van der Waals surface area contributed by atoms with E-state index >= 15 is 0 Å². The summed E-state index contributed by atoms with van der Waals surface area (Å²) in [7, 11) is 0. The Morgan fingerprint density at radius 2 is 2.00 bits per heavy atom. The van der Waals surface area contributed by atoms with E-state index in [0.717, 1.165) is 6.42 Å². The van der Waals surface area contributed by atoms with Crippen molar-refractivity contribution < 1.29 is 4.79 Å². The SMILES string of the molecule is CC(C)(C)CCNc1c(Cl)cc(N)cc1C(N)=O. The van der Waals surface area contributed by atoms with Crippen LogP contribution in [0.15, 0.2) is 12.1 Å². The average Bonchev–Trinajstić information content (AvgIpc) is 2.18. The molecule has 0 fully saturated rings. The van der Waals surface area contributed by atoms with Gasteiger partial charge in [-0.2, -0.15) is 0 Å². The standard InChI is InChI=1S/C13H20ClN3O/c1-13(2,3)4-5-17-11-9(12(16)18)6-8(15)7-10(11)14/h6-7,17H,4-5,15H2,1-3H3,(H2,16,18). The van der Waals surface area contributed by atoms with Crippen molar-refractivity contribution in [1.29, 1.82) is 0 Å². The Balaban J connectivity index is 2.91. The van der Waals surface area contributed by atoms with E-state index in [2.05, 4.69) is 26.1 Å². The summed E-state index contributed by atoms with van der Waals surface area (Å²) < 4.78 is 0. The van der Waals surface area contributed by atoms with Gasteiger partial charge in [-0.3, -0.25) is 4.79 Å². The fourth-order valence-corrected chi connectivity index (χ4v) is 1.86. The number of primary amides is 1. The van der Waals surface area contributed by atoms with Gasteiger partial charge in [-0.05, 0) is 24.0 Å². The number of carbonyl (C=O) groups excluding carboxylic acids is 1. The first-order valence-corrected chi connectivity index (χ1v) is 6.21. The lowest BCUT2D eigenvalue weighted by molar-refractivity contribution is 0.100. The zero-order valence-corrected chi connectivity index (χ0v) is 11.8. The molecule has 4 nitrogen and oxygen atoms in total. The van der Waals surface area contributed by atoms with Crippen molar-refractivity contribution in [3.8, 4) is 0 Å². The molecular weight excluding hydrogens is 250 g/mol. The minimum Gasteiger partial charge on any atom is -0.399 e. The summed E-state index contributed by atoms with van der Waals surface area (Å²) >= 11 is 6.08. The predicted molar refractivity (Wildman–Crippen MR) is 76.9 cm³/mol. The molecule has 0 aliphatic rings. The summed E-state index contributed by atoms with van der Waals surface area (Å²) in [6.07, 6.45) is 0.950. The molecule has 0 spiro atoms. The van der Waals surface area contributed by atoms with E-state index in [4.69, 9.17) is 23.1 Å². The highest BCUT2D eigenvalue weighted by Crippen LogP contribution is 2.29. The second-order valence-electron chi connectivity index (χ2n) is 5.53. The maximum atomic E-state index is 11.4. The fourth-order valence-electron chi connectivity index (χ4n) is 1.56. The number of rotatable bonds is 4. The van der Waals surface area contributed by atoms with E-state index in [-0.39, 0.29) is 5.41 Å². The number of benzene rings is 1. The Morgan fingerprint density at radius 3 is 2.50 bits per heavy atom. The quantitative estimate of drug-likeness (QED) is 0.735. The second kappa shape index (κ2) is 5.48. The van der Waals surface area contributed by atoms with Gasteiger partial charge < -0.3 is 16.8 Å². The molecule has 0 radical (unpaired) electrons. The number of hydrogen-bond acceptors (Lipinski definition) is 3. The molecule has 0 heterocycles. The zero-order valence-electron chi connectivity index (χ0n) is 11.0. The topological polar surface area (TPSA) is 81.1 Å². The number of nitrogens with one attached hydrogen (secondary N) is 1. The van der Waals surface area contributed by atoms with Gasteiger partial charge in [0.2, 0.25) is 0 Å². The minimum atomic E-state index is -0.539. The fraction of sp³-hybridized carbons (Fsp3) is 0.462. The Hall–Kier alpha value is -1.42. The van der Waals surface area contributed by atoms with Crippen LogP contribution < -0.4 is 16.8 Å². The molecule has 1 rings (SSSR count). The van der Waals surface area contributed by atoms with Gasteiger partial charge in [-0.1, -0.05) is 32.4 Å². The first-order valence-electron chi connectivity index (χ1n) is 5.83. The molecule has 5 N–H and O–H groups in total. The van der Waals surface area contributed by atoms with Crippen molar-refractivity contribution in [2.45, 2.75) is 27.2 Å². The molecule has 0 atom stereocenters. The van der Waals surface area contributed by atoms with Crippen molar-refractivity contribution in [3.63, 3.8) is 0 Å². The molecule has 1 amide bonds. The lowest BCUT2D eigenvalue weighted by Crippen LogP contribution is -2.18. The largest absolute Gasteiger partial charge is 0.399 e. The van der Waals surface area contributed by atoms with Gasteiger partial charge in [-0.25, -0.2) is 0 Å². The number of hydrogen-bond donors (Lipinski definition) is 3. The van der Waals surface area contributed by atoms with Crippen LogP contribution in [0.4, 0.5) is 11.4 Å². The van der Waals surface area contributed by atoms with E-state index in [1.54, 1.807) is 6.07 Å². The van der Waals surface area contributed by atoms with Crippen molar-refractivity contribution in [2.24, 2.45) is 11.1 Å². The molecule has 0 saturated carbocycles. The Labute approximate surface area is 113 Å². The van der Waals surface area contributed by atoms with Crippen LogP contribution in [0.25, 0.3) is 0 Å². The highest BCUT2D eigenvalue weighted by atomic mass is 35.5. The third kappa shape index (κ3) is 4.11. The van der Waals surface area contributed by atoms with Crippen LogP contribution in [0, 0.1) is 5.41 Å². The third-order valence-corrected chi connectivity index (χ3v) is 2.85. The molecule has 100 valence electrons. The van der Waals surface area contributed by atoms with Gasteiger partial charge in [0.15, 0.2) is 0 Å². The number of amides is 1. The number of halogens is 1. The van der Waals surface area contributed by atoms with Gasteiger partial charge in [0.25, 0.3) is 5.91 Å². The highest BCUT2D eigenvalue weighted by molar-refractivity contribution is 6.34. The summed E-state index contributed by atoms with van der Waals surface area (Å²) in [6, 6.07) is 3.14. The molecule has 0 bridgehead atoms. The van der Waals surface area contributed by atoms with Crippen molar-refractivity contribution >= 4 is 28.9 Å². The monoisotopic (exact) mass is 269 g/mol. The first-order chi connectivity index (χ1) is 8.20. The summed E-state index contributed by atoms with van der Waals surface area (Å²) in [5.41, 5.74) is 12.5. The minimum absolute atomic E-state index is 0.209. The Bertz CT molecular complexity index is 452. The molecule has 0 unspecified atom stereocenters. The van der Waals surface area contributed by atoms with Crippen LogP contribution in [0.5, 0.6) is 0 Å². The van der Waals surface area contributed by atoms with Crippen LogP contribution in [0.3, 0.4) is 0 Å². The Kier molecular flexibility index (Phi) is 4.46. The summed E-state index contributed by atoms with van der Waals surface area (Å²) in [5.74, 6) is -0.539. The number of carbonyl (C=O) groups is 1. The van der Waals surface area contributed by atoms with Crippen LogP contribution in [-0.2, 0) is 0 Å². The van der Waals surface area contributed by atoms with Gasteiger partial charge in [-0.15, -0.1) is 0 Å². The highest BCUT2D eigenvalue weighted by Gasteiger charge is 2.15. The predicted octanol–water partition coefficient (Wildman–Crippen LogP) is 2.87. The van der Waals surface area contributed by atoms with Gasteiger partial charge in [0, 0.05) is 12.2 Å². The molecular formula is C13H20ClN3O. The lowest BCUT2D eigenvalue weighted by Gasteiger charge is -2.20. The van der Waals surface area contributed by atoms with E-state index in [1.807, 2.05) is 0 Å². The van der Waals surface area contributed by atoms with Gasteiger partial charge in [0.05, 0.1) is 16.3 Å². The van der Waals surface area contributed by atoms with E-state index in [0.29, 0.717) is 28.5 Å². The summed E-state index contributed by atoms with van der Waals surface area (Å²) in [6.45, 7) is 7.16. The summed E-state index contributed by atoms with van der Waals surface area (Å²) in [4.78, 5) is 11.4. The normalized spacial score (nSPS) is 11.3. The molecule has 0 aliphatic heterocycles. The van der Waals surface area contributed by atoms with Crippen LogP contribution in [-0.4, -0.2) is 12.5 Å². The molecule has 1 aromatic carbocycles. The number of nitrogens with two attached hydrogens (primary N) is 2. The van der Waals surface area contributed by atoms with Crippen molar-refractivity contribution in [2.75, 3.05) is 17.6 Å². The zero-order chi connectivity index (χ0) is 13.9. The molecule has 1 aromatic rings. The Morgan fingerprint density at radius 1 is 1.39 bits per heavy atom.